The fourth-order valence-corrected chi connectivity index (χ4v) is 2.50. The summed E-state index contributed by atoms with van der Waals surface area (Å²) < 4.78 is 5.87. The molecule has 1 amide bonds. The lowest BCUT2D eigenvalue weighted by molar-refractivity contribution is -0.143. The summed E-state index contributed by atoms with van der Waals surface area (Å²) in [7, 11) is 0. The van der Waals surface area contributed by atoms with E-state index < -0.39 is 0 Å². The fourth-order valence-electron chi connectivity index (χ4n) is 2.50. The molecule has 0 unspecified atom stereocenters. The molecule has 17 heavy (non-hydrogen) atoms. The van der Waals surface area contributed by atoms with E-state index in [2.05, 4.69) is 13.8 Å². The Hall–Kier alpha value is -1.16. The van der Waals surface area contributed by atoms with Gasteiger partial charge in [-0.3, -0.25) is 14.5 Å². The Kier molecular flexibility index (Phi) is 3.33. The summed E-state index contributed by atoms with van der Waals surface area (Å²) in [5.41, 5.74) is 0.640. The van der Waals surface area contributed by atoms with Crippen LogP contribution in [0.2, 0.25) is 0 Å². The number of hydrogen-bond acceptors (Lipinski definition) is 3. The van der Waals surface area contributed by atoms with Crippen LogP contribution in [0.25, 0.3) is 0 Å². The molecule has 1 saturated heterocycles. The zero-order valence-electron chi connectivity index (χ0n) is 10.6. The van der Waals surface area contributed by atoms with Gasteiger partial charge in [-0.05, 0) is 25.7 Å². The van der Waals surface area contributed by atoms with Gasteiger partial charge in [0.2, 0.25) is 5.91 Å². The summed E-state index contributed by atoms with van der Waals surface area (Å²) in [5.74, 6) is 0.239. The number of hydrogen-bond donors (Lipinski definition) is 0. The van der Waals surface area contributed by atoms with Gasteiger partial charge in [0.05, 0.1) is 12.5 Å². The van der Waals surface area contributed by atoms with E-state index in [0.29, 0.717) is 11.5 Å². The molecule has 0 aromatic carbocycles. The molecular formula is C13H19NO3. The number of carbonyl (C=O) groups excluding carboxylic acids is 2. The van der Waals surface area contributed by atoms with Crippen LogP contribution in [-0.4, -0.2) is 28.9 Å². The van der Waals surface area contributed by atoms with Crippen molar-refractivity contribution in [1.29, 1.82) is 0 Å². The van der Waals surface area contributed by atoms with Gasteiger partial charge in [-0.25, -0.2) is 0 Å². The number of ether oxygens (including phenoxy) is 1. The number of carbonyl (C=O) groups is 2. The molecule has 0 spiro atoms. The maximum atomic E-state index is 11.8. The molecule has 4 heteroatoms. The summed E-state index contributed by atoms with van der Waals surface area (Å²) in [6.45, 7) is 5.98. The highest BCUT2D eigenvalue weighted by Crippen LogP contribution is 2.31. The second-order valence-corrected chi connectivity index (χ2v) is 4.96. The van der Waals surface area contributed by atoms with E-state index in [4.69, 9.17) is 4.74 Å². The van der Waals surface area contributed by atoms with Crippen LogP contribution in [0.4, 0.5) is 0 Å². The number of rotatable bonds is 2. The highest BCUT2D eigenvalue weighted by atomic mass is 16.5. The molecule has 0 saturated carbocycles. The van der Waals surface area contributed by atoms with E-state index in [1.54, 1.807) is 18.0 Å². The van der Waals surface area contributed by atoms with E-state index in [9.17, 15) is 9.59 Å². The first-order valence-corrected chi connectivity index (χ1v) is 6.21. The third-order valence-corrected chi connectivity index (χ3v) is 3.62. The average molecular weight is 237 g/mol. The molecule has 0 bridgehead atoms. The van der Waals surface area contributed by atoms with E-state index in [1.807, 2.05) is 0 Å². The lowest BCUT2D eigenvalue weighted by Gasteiger charge is -2.28. The van der Waals surface area contributed by atoms with Crippen molar-refractivity contribution >= 4 is 11.7 Å². The Labute approximate surface area is 102 Å². The summed E-state index contributed by atoms with van der Waals surface area (Å²) in [4.78, 5) is 24.8. The van der Waals surface area contributed by atoms with Crippen LogP contribution in [0.3, 0.4) is 0 Å². The highest BCUT2D eigenvalue weighted by molar-refractivity contribution is 6.09. The predicted molar refractivity (Wildman–Crippen MR) is 63.0 cm³/mol. The molecule has 0 aromatic rings. The largest absolute Gasteiger partial charge is 0.354 e. The molecule has 2 aliphatic heterocycles. The van der Waals surface area contributed by atoms with Gasteiger partial charge in [-0.1, -0.05) is 13.8 Å². The zero-order valence-corrected chi connectivity index (χ0v) is 10.6. The molecule has 0 N–H and O–H groups in total. The Balaban J connectivity index is 2.13. The molecule has 0 radical (unpaired) electrons. The first-order valence-electron chi connectivity index (χ1n) is 6.21. The second kappa shape index (κ2) is 4.61. The van der Waals surface area contributed by atoms with Crippen molar-refractivity contribution in [3.05, 3.63) is 11.8 Å². The molecule has 2 aliphatic rings. The summed E-state index contributed by atoms with van der Waals surface area (Å²) in [5, 5.41) is 0. The van der Waals surface area contributed by atoms with Crippen molar-refractivity contribution < 1.29 is 14.3 Å². The summed E-state index contributed by atoms with van der Waals surface area (Å²) in [6.07, 6.45) is 3.46. The Bertz CT molecular complexity index is 375. The third-order valence-electron chi connectivity index (χ3n) is 3.62. The van der Waals surface area contributed by atoms with Crippen LogP contribution < -0.4 is 0 Å². The van der Waals surface area contributed by atoms with Crippen molar-refractivity contribution in [3.63, 3.8) is 0 Å². The number of amides is 1. The molecule has 4 nitrogen and oxygen atoms in total. The van der Waals surface area contributed by atoms with Crippen molar-refractivity contribution in [2.45, 2.75) is 52.4 Å². The lowest BCUT2D eigenvalue weighted by atomic mass is 10.0. The van der Waals surface area contributed by atoms with E-state index >= 15 is 0 Å². The third kappa shape index (κ3) is 2.27. The van der Waals surface area contributed by atoms with Crippen molar-refractivity contribution in [3.8, 4) is 0 Å². The van der Waals surface area contributed by atoms with Gasteiger partial charge < -0.3 is 4.74 Å². The molecule has 2 rings (SSSR count). The van der Waals surface area contributed by atoms with Crippen molar-refractivity contribution in [2.24, 2.45) is 5.92 Å². The average Bonchev–Trinajstić information content (AvgIpc) is 2.65. The number of Topliss-reactive ketones (excluding diaryl/α,β-unsaturated/α-hetero) is 1. The standard InChI is InChI=1S/C13H19NO3/c1-4-11-8(2)5-13(17-11)14-7-9(3)10(15)6-12(14)16/h7-8,11,13H,4-6H2,1-3H3/t8-,11-,13-/m1/s1. The number of nitrogens with zero attached hydrogens (tertiary/aromatic N) is 1. The minimum Gasteiger partial charge on any atom is -0.354 e. The van der Waals surface area contributed by atoms with Crippen LogP contribution in [0.15, 0.2) is 11.8 Å². The minimum atomic E-state index is -0.189. The lowest BCUT2D eigenvalue weighted by Crippen LogP contribution is -2.40. The van der Waals surface area contributed by atoms with Gasteiger partial charge in [-0.2, -0.15) is 0 Å². The number of ketones is 1. The monoisotopic (exact) mass is 237 g/mol. The Morgan fingerprint density at radius 3 is 2.76 bits per heavy atom. The molecular weight excluding hydrogens is 218 g/mol. The molecule has 3 atom stereocenters. The summed E-state index contributed by atoms with van der Waals surface area (Å²) in [6, 6.07) is 0. The maximum Gasteiger partial charge on any atom is 0.236 e. The Morgan fingerprint density at radius 2 is 2.18 bits per heavy atom. The van der Waals surface area contributed by atoms with Gasteiger partial charge >= 0.3 is 0 Å². The van der Waals surface area contributed by atoms with Crippen molar-refractivity contribution in [2.75, 3.05) is 0 Å². The SMILES string of the molecule is CC[C@H]1O[C@@H](N2C=C(C)C(=O)CC2=O)C[C@H]1C. The number of allylic oxidation sites excluding steroid dienone is 1. The zero-order chi connectivity index (χ0) is 12.6. The van der Waals surface area contributed by atoms with Crippen LogP contribution >= 0.6 is 0 Å². The summed E-state index contributed by atoms with van der Waals surface area (Å²) >= 11 is 0. The van der Waals surface area contributed by atoms with Crippen LogP contribution in [0.5, 0.6) is 0 Å². The van der Waals surface area contributed by atoms with E-state index in [1.165, 1.54) is 0 Å². The van der Waals surface area contributed by atoms with Gasteiger partial charge in [0.15, 0.2) is 5.78 Å². The van der Waals surface area contributed by atoms with Crippen LogP contribution in [0, 0.1) is 5.92 Å². The highest BCUT2D eigenvalue weighted by Gasteiger charge is 2.37. The topological polar surface area (TPSA) is 46.6 Å². The maximum absolute atomic E-state index is 11.8. The molecule has 1 fully saturated rings. The van der Waals surface area contributed by atoms with E-state index in [0.717, 1.165) is 12.8 Å². The minimum absolute atomic E-state index is 0.0205. The quantitative estimate of drug-likeness (QED) is 0.689. The molecule has 0 aliphatic carbocycles. The van der Waals surface area contributed by atoms with Crippen molar-refractivity contribution in [1.82, 2.24) is 4.90 Å². The van der Waals surface area contributed by atoms with Gasteiger partial charge in [0.25, 0.3) is 0 Å². The first kappa shape index (κ1) is 12.3. The van der Waals surface area contributed by atoms with Crippen LogP contribution in [-0.2, 0) is 14.3 Å². The fraction of sp³-hybridized carbons (Fsp3) is 0.692. The predicted octanol–water partition coefficient (Wildman–Crippen LogP) is 1.85. The van der Waals surface area contributed by atoms with Gasteiger partial charge in [0, 0.05) is 11.8 Å². The van der Waals surface area contributed by atoms with E-state index in [-0.39, 0.29) is 30.4 Å². The first-order chi connectivity index (χ1) is 8.02. The van der Waals surface area contributed by atoms with Gasteiger partial charge in [-0.15, -0.1) is 0 Å². The van der Waals surface area contributed by atoms with Crippen LogP contribution in [0.1, 0.15) is 40.0 Å². The normalized spacial score (nSPS) is 34.2. The molecule has 2 heterocycles. The Morgan fingerprint density at radius 1 is 1.47 bits per heavy atom. The second-order valence-electron chi connectivity index (χ2n) is 4.96. The smallest absolute Gasteiger partial charge is 0.236 e. The molecule has 0 aromatic heterocycles. The molecule has 94 valence electrons. The van der Waals surface area contributed by atoms with Gasteiger partial charge in [0.1, 0.15) is 6.23 Å².